The van der Waals surface area contributed by atoms with E-state index >= 15 is 0 Å². The molecule has 1 rings (SSSR count). The van der Waals surface area contributed by atoms with E-state index in [2.05, 4.69) is 0 Å². The largest absolute Gasteiger partial charge is 0.481 e. The van der Waals surface area contributed by atoms with Crippen LogP contribution in [0.1, 0.15) is 19.3 Å². The van der Waals surface area contributed by atoms with Crippen molar-refractivity contribution in [3.8, 4) is 0 Å². The van der Waals surface area contributed by atoms with Crippen LogP contribution in [0, 0.1) is 5.41 Å². The summed E-state index contributed by atoms with van der Waals surface area (Å²) < 4.78 is 27.4. The first-order valence-electron chi connectivity index (χ1n) is 4.85. The highest BCUT2D eigenvalue weighted by molar-refractivity contribution is 7.91. The lowest BCUT2D eigenvalue weighted by molar-refractivity contribution is -0.148. The summed E-state index contributed by atoms with van der Waals surface area (Å²) in [6.07, 6.45) is 1.18. The molecule has 15 heavy (non-hydrogen) atoms. The van der Waals surface area contributed by atoms with Gasteiger partial charge in [0.25, 0.3) is 0 Å². The quantitative estimate of drug-likeness (QED) is 0.694. The third-order valence-corrected chi connectivity index (χ3v) is 4.66. The molecule has 1 aliphatic rings. The van der Waals surface area contributed by atoms with Crippen LogP contribution in [0.4, 0.5) is 0 Å². The molecule has 1 fully saturated rings. The van der Waals surface area contributed by atoms with E-state index in [1.807, 2.05) is 0 Å². The third-order valence-electron chi connectivity index (χ3n) is 2.85. The first kappa shape index (κ1) is 12.4. The number of carboxylic acids is 1. The van der Waals surface area contributed by atoms with Gasteiger partial charge in [0.05, 0.1) is 16.9 Å². The van der Waals surface area contributed by atoms with Crippen molar-refractivity contribution in [3.63, 3.8) is 0 Å². The van der Waals surface area contributed by atoms with Gasteiger partial charge < -0.3 is 9.84 Å². The van der Waals surface area contributed by atoms with Gasteiger partial charge in [-0.3, -0.25) is 4.79 Å². The number of aliphatic carboxylic acids is 1. The summed E-state index contributed by atoms with van der Waals surface area (Å²) in [4.78, 5) is 11.1. The Morgan fingerprint density at radius 2 is 2.20 bits per heavy atom. The molecule has 1 N–H and O–H groups in total. The molecule has 0 amide bonds. The topological polar surface area (TPSA) is 80.7 Å². The molecule has 6 heteroatoms. The van der Waals surface area contributed by atoms with E-state index in [-0.39, 0.29) is 17.9 Å². The van der Waals surface area contributed by atoms with Crippen LogP contribution in [0.15, 0.2) is 0 Å². The lowest BCUT2D eigenvalue weighted by Gasteiger charge is -2.21. The number of hydrogen-bond acceptors (Lipinski definition) is 4. The van der Waals surface area contributed by atoms with Gasteiger partial charge in [0.1, 0.15) is 0 Å². The standard InChI is InChI=1S/C9H16O5S/c1-14-5-2-3-9(8(10)11)4-6-15(12,13)7-9/h2-7H2,1H3,(H,10,11). The lowest BCUT2D eigenvalue weighted by Crippen LogP contribution is -2.32. The SMILES string of the molecule is COCCCC1(C(=O)O)CCS(=O)(=O)C1. The van der Waals surface area contributed by atoms with Crippen LogP contribution in [0.3, 0.4) is 0 Å². The van der Waals surface area contributed by atoms with Gasteiger partial charge in [-0.05, 0) is 19.3 Å². The van der Waals surface area contributed by atoms with Crippen molar-refractivity contribution >= 4 is 15.8 Å². The van der Waals surface area contributed by atoms with Crippen LogP contribution in [0.25, 0.3) is 0 Å². The van der Waals surface area contributed by atoms with Gasteiger partial charge in [-0.2, -0.15) is 0 Å². The molecule has 0 aliphatic carbocycles. The fraction of sp³-hybridized carbons (Fsp3) is 0.889. The van der Waals surface area contributed by atoms with E-state index in [1.165, 1.54) is 0 Å². The number of carbonyl (C=O) groups is 1. The number of ether oxygens (including phenoxy) is 1. The zero-order valence-corrected chi connectivity index (χ0v) is 9.55. The average Bonchev–Trinajstić information content (AvgIpc) is 2.44. The zero-order valence-electron chi connectivity index (χ0n) is 8.73. The Kier molecular flexibility index (Phi) is 3.72. The van der Waals surface area contributed by atoms with Crippen LogP contribution >= 0.6 is 0 Å². The predicted molar refractivity (Wildman–Crippen MR) is 54.4 cm³/mol. The summed E-state index contributed by atoms with van der Waals surface area (Å²) in [5.74, 6) is -1.23. The zero-order chi connectivity index (χ0) is 11.5. The van der Waals surface area contributed by atoms with E-state index in [4.69, 9.17) is 9.84 Å². The summed E-state index contributed by atoms with van der Waals surface area (Å²) in [6.45, 7) is 0.467. The second-order valence-corrected chi connectivity index (χ2v) is 6.21. The molecule has 0 aromatic carbocycles. The molecule has 1 aliphatic heterocycles. The summed E-state index contributed by atoms with van der Waals surface area (Å²) in [7, 11) is -1.62. The van der Waals surface area contributed by atoms with E-state index in [0.29, 0.717) is 19.4 Å². The molecule has 0 aromatic heterocycles. The highest BCUT2D eigenvalue weighted by atomic mass is 32.2. The maximum absolute atomic E-state index is 11.3. The van der Waals surface area contributed by atoms with E-state index in [1.54, 1.807) is 7.11 Å². The van der Waals surface area contributed by atoms with Gasteiger partial charge in [0.15, 0.2) is 9.84 Å². The number of carboxylic acid groups (broad SMARTS) is 1. The van der Waals surface area contributed by atoms with Crippen molar-refractivity contribution in [3.05, 3.63) is 0 Å². The van der Waals surface area contributed by atoms with E-state index < -0.39 is 21.2 Å². The van der Waals surface area contributed by atoms with Crippen LogP contribution in [0.2, 0.25) is 0 Å². The normalized spacial score (nSPS) is 29.1. The molecular formula is C9H16O5S. The Morgan fingerprint density at radius 1 is 1.53 bits per heavy atom. The molecule has 5 nitrogen and oxygen atoms in total. The molecule has 0 radical (unpaired) electrons. The van der Waals surface area contributed by atoms with Crippen molar-refractivity contribution in [2.75, 3.05) is 25.2 Å². The summed E-state index contributed by atoms with van der Waals surface area (Å²) in [6, 6.07) is 0. The molecule has 1 heterocycles. The number of rotatable bonds is 5. The summed E-state index contributed by atoms with van der Waals surface area (Å²) >= 11 is 0. The number of hydrogen-bond donors (Lipinski definition) is 1. The van der Waals surface area contributed by atoms with E-state index in [0.717, 1.165) is 0 Å². The smallest absolute Gasteiger partial charge is 0.310 e. The van der Waals surface area contributed by atoms with Crippen molar-refractivity contribution in [2.24, 2.45) is 5.41 Å². The Bertz CT molecular complexity index is 334. The molecule has 0 saturated carbocycles. The van der Waals surface area contributed by atoms with E-state index in [9.17, 15) is 13.2 Å². The van der Waals surface area contributed by atoms with Crippen LogP contribution in [-0.2, 0) is 19.4 Å². The van der Waals surface area contributed by atoms with Gasteiger partial charge >= 0.3 is 5.97 Å². The monoisotopic (exact) mass is 236 g/mol. The summed E-state index contributed by atoms with van der Waals surface area (Å²) in [5, 5.41) is 9.09. The molecule has 0 spiro atoms. The third kappa shape index (κ3) is 2.92. The highest BCUT2D eigenvalue weighted by Gasteiger charge is 2.47. The van der Waals surface area contributed by atoms with Crippen molar-refractivity contribution in [2.45, 2.75) is 19.3 Å². The first-order valence-corrected chi connectivity index (χ1v) is 6.67. The van der Waals surface area contributed by atoms with Crippen LogP contribution < -0.4 is 0 Å². The first-order chi connectivity index (χ1) is 6.92. The lowest BCUT2D eigenvalue weighted by atomic mass is 9.83. The summed E-state index contributed by atoms with van der Waals surface area (Å²) in [5.41, 5.74) is -1.07. The minimum absolute atomic E-state index is 0.00766. The van der Waals surface area contributed by atoms with Gasteiger partial charge in [0.2, 0.25) is 0 Å². The van der Waals surface area contributed by atoms with Crippen LogP contribution in [-0.4, -0.2) is 44.7 Å². The Labute approximate surface area is 89.3 Å². The van der Waals surface area contributed by atoms with Crippen LogP contribution in [0.5, 0.6) is 0 Å². The maximum atomic E-state index is 11.3. The highest BCUT2D eigenvalue weighted by Crippen LogP contribution is 2.37. The van der Waals surface area contributed by atoms with Gasteiger partial charge in [-0.1, -0.05) is 0 Å². The minimum atomic E-state index is -3.16. The molecule has 1 unspecified atom stereocenters. The molecule has 0 bridgehead atoms. The fourth-order valence-electron chi connectivity index (χ4n) is 1.94. The molecule has 0 aromatic rings. The Morgan fingerprint density at radius 3 is 2.60 bits per heavy atom. The Hall–Kier alpha value is -0.620. The van der Waals surface area contributed by atoms with Gasteiger partial charge in [-0.15, -0.1) is 0 Å². The second kappa shape index (κ2) is 4.49. The number of sulfone groups is 1. The molecular weight excluding hydrogens is 220 g/mol. The number of methoxy groups -OCH3 is 1. The molecule has 1 saturated heterocycles. The van der Waals surface area contributed by atoms with Crippen molar-refractivity contribution in [1.29, 1.82) is 0 Å². The molecule has 1 atom stereocenters. The Balaban J connectivity index is 2.70. The second-order valence-electron chi connectivity index (χ2n) is 4.02. The van der Waals surface area contributed by atoms with Gasteiger partial charge in [0, 0.05) is 13.7 Å². The van der Waals surface area contributed by atoms with Crippen molar-refractivity contribution < 1.29 is 23.1 Å². The van der Waals surface area contributed by atoms with Gasteiger partial charge in [-0.25, -0.2) is 8.42 Å². The maximum Gasteiger partial charge on any atom is 0.310 e. The van der Waals surface area contributed by atoms with Crippen molar-refractivity contribution in [1.82, 2.24) is 0 Å². The average molecular weight is 236 g/mol. The minimum Gasteiger partial charge on any atom is -0.481 e. The predicted octanol–water partition coefficient (Wildman–Crippen LogP) is 0.303. The fourth-order valence-corrected chi connectivity index (χ4v) is 4.04. The molecule has 88 valence electrons.